The van der Waals surface area contributed by atoms with Crippen molar-refractivity contribution in [3.8, 4) is 11.5 Å². The van der Waals surface area contributed by atoms with Crippen molar-refractivity contribution in [3.63, 3.8) is 0 Å². The normalized spacial score (nSPS) is 12.1. The summed E-state index contributed by atoms with van der Waals surface area (Å²) in [5.41, 5.74) is 5.47. The van der Waals surface area contributed by atoms with Crippen molar-refractivity contribution in [2.45, 2.75) is 4.90 Å². The van der Waals surface area contributed by atoms with E-state index in [4.69, 9.17) is 10.5 Å². The molecule has 0 saturated heterocycles. The van der Waals surface area contributed by atoms with Gasteiger partial charge in [-0.15, -0.1) is 0 Å². The van der Waals surface area contributed by atoms with Gasteiger partial charge in [0.25, 0.3) is 0 Å². The minimum atomic E-state index is -0.971. The monoisotopic (exact) mass is 248 g/mol. The Morgan fingerprint density at radius 2 is 1.76 bits per heavy atom. The van der Waals surface area contributed by atoms with Gasteiger partial charge < -0.3 is 10.5 Å². The zero-order valence-electron chi connectivity index (χ0n) is 9.29. The molecule has 0 bridgehead atoms. The van der Waals surface area contributed by atoms with Crippen molar-refractivity contribution < 1.29 is 8.95 Å². The van der Waals surface area contributed by atoms with Gasteiger partial charge in [0.15, 0.2) is 0 Å². The summed E-state index contributed by atoms with van der Waals surface area (Å²) >= 11 is 0. The van der Waals surface area contributed by atoms with Crippen molar-refractivity contribution >= 4 is 16.6 Å². The lowest BCUT2D eigenvalue weighted by Crippen LogP contribution is -1.91. The van der Waals surface area contributed by atoms with E-state index >= 15 is 0 Å². The van der Waals surface area contributed by atoms with E-state index < -0.39 is 10.8 Å². The first-order valence-electron chi connectivity index (χ1n) is 4.98. The summed E-state index contributed by atoms with van der Waals surface area (Å²) in [6.45, 7) is 0. The molecule has 17 heavy (non-hydrogen) atoms. The molecular formula is C12H12N2O2S. The molecule has 1 aromatic carbocycles. The standard InChI is InChI=1S/C12H12N2O2S/c1-17(15)11-5-2-9(3-6-11)16-10-4-7-12(13)14-8-10/h2-8H,1H3,(H2,13,14). The van der Waals surface area contributed by atoms with E-state index in [1.54, 1.807) is 48.9 Å². The second kappa shape index (κ2) is 4.97. The Morgan fingerprint density at radius 3 is 2.29 bits per heavy atom. The lowest BCUT2D eigenvalue weighted by Gasteiger charge is -2.05. The number of nitrogen functional groups attached to an aromatic ring is 1. The molecule has 1 atom stereocenters. The molecule has 0 aliphatic heterocycles. The summed E-state index contributed by atoms with van der Waals surface area (Å²) in [5.74, 6) is 1.74. The van der Waals surface area contributed by atoms with E-state index in [1.165, 1.54) is 0 Å². The highest BCUT2D eigenvalue weighted by Crippen LogP contribution is 2.21. The maximum atomic E-state index is 11.2. The Morgan fingerprint density at radius 1 is 1.12 bits per heavy atom. The third-order valence-corrected chi connectivity index (χ3v) is 3.09. The van der Waals surface area contributed by atoms with E-state index in [2.05, 4.69) is 4.98 Å². The summed E-state index contributed by atoms with van der Waals surface area (Å²) in [6.07, 6.45) is 3.20. The van der Waals surface area contributed by atoms with Crippen LogP contribution < -0.4 is 10.5 Å². The van der Waals surface area contributed by atoms with Gasteiger partial charge in [0.1, 0.15) is 17.3 Å². The van der Waals surface area contributed by atoms with Crippen LogP contribution in [0, 0.1) is 0 Å². The SMILES string of the molecule is CS(=O)c1ccc(Oc2ccc(N)nc2)cc1. The Labute approximate surface area is 102 Å². The van der Waals surface area contributed by atoms with Crippen LogP contribution in [0.4, 0.5) is 5.82 Å². The minimum absolute atomic E-state index is 0.453. The predicted octanol–water partition coefficient (Wildman–Crippen LogP) is 2.19. The molecule has 0 aliphatic rings. The molecule has 1 aromatic heterocycles. The quantitative estimate of drug-likeness (QED) is 0.904. The second-order valence-corrected chi connectivity index (χ2v) is 4.83. The van der Waals surface area contributed by atoms with Crippen LogP contribution in [0.2, 0.25) is 0 Å². The molecule has 5 heteroatoms. The number of benzene rings is 1. The van der Waals surface area contributed by atoms with Gasteiger partial charge in [-0.05, 0) is 36.4 Å². The van der Waals surface area contributed by atoms with Gasteiger partial charge >= 0.3 is 0 Å². The molecular weight excluding hydrogens is 236 g/mol. The number of anilines is 1. The third kappa shape index (κ3) is 3.04. The zero-order chi connectivity index (χ0) is 12.3. The maximum Gasteiger partial charge on any atom is 0.145 e. The van der Waals surface area contributed by atoms with Crippen LogP contribution in [-0.4, -0.2) is 15.4 Å². The largest absolute Gasteiger partial charge is 0.456 e. The van der Waals surface area contributed by atoms with Crippen molar-refractivity contribution in [1.82, 2.24) is 4.98 Å². The number of nitrogens with two attached hydrogens (primary N) is 1. The van der Waals surface area contributed by atoms with E-state index in [0.717, 1.165) is 4.90 Å². The molecule has 4 nitrogen and oxygen atoms in total. The predicted molar refractivity (Wildman–Crippen MR) is 67.5 cm³/mol. The Balaban J connectivity index is 2.13. The topological polar surface area (TPSA) is 65.2 Å². The Kier molecular flexibility index (Phi) is 3.39. The van der Waals surface area contributed by atoms with Crippen molar-refractivity contribution in [3.05, 3.63) is 42.6 Å². The van der Waals surface area contributed by atoms with Crippen LogP contribution in [0.25, 0.3) is 0 Å². The van der Waals surface area contributed by atoms with Crippen LogP contribution in [0.15, 0.2) is 47.5 Å². The Bertz CT molecular complexity index is 523. The first-order chi connectivity index (χ1) is 8.15. The highest BCUT2D eigenvalue weighted by atomic mass is 32.2. The van der Waals surface area contributed by atoms with Crippen LogP contribution in [0.5, 0.6) is 11.5 Å². The molecule has 0 amide bonds. The van der Waals surface area contributed by atoms with Crippen LogP contribution in [-0.2, 0) is 10.8 Å². The zero-order valence-corrected chi connectivity index (χ0v) is 10.1. The maximum absolute atomic E-state index is 11.2. The summed E-state index contributed by atoms with van der Waals surface area (Å²) in [4.78, 5) is 4.70. The van der Waals surface area contributed by atoms with Gasteiger partial charge in [-0.1, -0.05) is 0 Å². The van der Waals surface area contributed by atoms with Crippen LogP contribution >= 0.6 is 0 Å². The average Bonchev–Trinajstić information content (AvgIpc) is 2.33. The van der Waals surface area contributed by atoms with E-state index in [-0.39, 0.29) is 0 Å². The second-order valence-electron chi connectivity index (χ2n) is 3.45. The van der Waals surface area contributed by atoms with Gasteiger partial charge in [-0.25, -0.2) is 4.98 Å². The van der Waals surface area contributed by atoms with E-state index in [9.17, 15) is 4.21 Å². The van der Waals surface area contributed by atoms with Gasteiger partial charge in [-0.2, -0.15) is 0 Å². The number of nitrogens with zero attached hydrogens (tertiary/aromatic N) is 1. The van der Waals surface area contributed by atoms with Crippen molar-refractivity contribution in [2.75, 3.05) is 12.0 Å². The fourth-order valence-corrected chi connectivity index (χ4v) is 1.81. The Hall–Kier alpha value is -1.88. The average molecular weight is 248 g/mol. The van der Waals surface area contributed by atoms with Gasteiger partial charge in [0, 0.05) is 22.0 Å². The highest BCUT2D eigenvalue weighted by molar-refractivity contribution is 7.84. The third-order valence-electron chi connectivity index (χ3n) is 2.15. The molecule has 1 heterocycles. The summed E-state index contributed by atoms with van der Waals surface area (Å²) in [7, 11) is -0.971. The van der Waals surface area contributed by atoms with Crippen molar-refractivity contribution in [1.29, 1.82) is 0 Å². The molecule has 1 unspecified atom stereocenters. The lowest BCUT2D eigenvalue weighted by molar-refractivity contribution is 0.480. The number of rotatable bonds is 3. The number of hydrogen-bond acceptors (Lipinski definition) is 4. The molecule has 88 valence electrons. The number of ether oxygens (including phenoxy) is 1. The van der Waals surface area contributed by atoms with Gasteiger partial charge in [0.2, 0.25) is 0 Å². The minimum Gasteiger partial charge on any atom is -0.456 e. The molecule has 0 fully saturated rings. The molecule has 2 aromatic rings. The number of hydrogen-bond donors (Lipinski definition) is 1. The highest BCUT2D eigenvalue weighted by Gasteiger charge is 2.00. The molecule has 0 saturated carbocycles. The number of pyridine rings is 1. The lowest BCUT2D eigenvalue weighted by atomic mass is 10.3. The number of aromatic nitrogens is 1. The molecule has 0 aliphatic carbocycles. The molecule has 2 rings (SSSR count). The first-order valence-corrected chi connectivity index (χ1v) is 6.54. The fourth-order valence-electron chi connectivity index (χ4n) is 1.29. The summed E-state index contributed by atoms with van der Waals surface area (Å²) < 4.78 is 16.7. The summed E-state index contributed by atoms with van der Waals surface area (Å²) in [6, 6.07) is 10.5. The molecule has 0 radical (unpaired) electrons. The van der Waals surface area contributed by atoms with Gasteiger partial charge in [-0.3, -0.25) is 4.21 Å². The van der Waals surface area contributed by atoms with Crippen molar-refractivity contribution in [2.24, 2.45) is 0 Å². The molecule has 2 N–H and O–H groups in total. The van der Waals surface area contributed by atoms with Crippen LogP contribution in [0.1, 0.15) is 0 Å². The fraction of sp³-hybridized carbons (Fsp3) is 0.0833. The van der Waals surface area contributed by atoms with Crippen LogP contribution in [0.3, 0.4) is 0 Å². The smallest absolute Gasteiger partial charge is 0.145 e. The van der Waals surface area contributed by atoms with E-state index in [1.807, 2.05) is 0 Å². The first kappa shape index (κ1) is 11.6. The van der Waals surface area contributed by atoms with E-state index in [0.29, 0.717) is 17.3 Å². The summed E-state index contributed by atoms with van der Waals surface area (Å²) in [5, 5.41) is 0. The van der Waals surface area contributed by atoms with Gasteiger partial charge in [0.05, 0.1) is 6.20 Å². The molecule has 0 spiro atoms.